The van der Waals surface area contributed by atoms with Crippen LogP contribution >= 0.6 is 8.38 Å². The van der Waals surface area contributed by atoms with Crippen molar-refractivity contribution in [3.63, 3.8) is 0 Å². The maximum atomic E-state index is 14.8. The molecular weight excluding hydrogens is 1070 g/mol. The van der Waals surface area contributed by atoms with Crippen molar-refractivity contribution in [2.45, 2.75) is 118 Å². The second-order valence-electron chi connectivity index (χ2n) is 17.7. The molecule has 29 heteroatoms. The molecule has 6 rings (SSSR count). The zero-order chi connectivity index (χ0) is 55.0. The van der Waals surface area contributed by atoms with Gasteiger partial charge in [-0.2, -0.15) is 105 Å². The lowest BCUT2D eigenvalue weighted by molar-refractivity contribution is -0.175. The van der Waals surface area contributed by atoms with Crippen molar-refractivity contribution in [3.8, 4) is 0 Å². The second kappa shape index (κ2) is 17.3. The zero-order valence-corrected chi connectivity index (χ0v) is 37.1. The molecule has 2 fully saturated rings. The quantitative estimate of drug-likeness (QED) is 0.151. The topological polar surface area (TPSA) is 36.9 Å². The molecular formula is C43H29F24O4P. The fraction of sp³-hybridized carbons (Fsp3) is 0.442. The van der Waals surface area contributed by atoms with E-state index >= 15 is 0 Å². The van der Waals surface area contributed by atoms with Gasteiger partial charge in [-0.05, 0) is 109 Å². The average molecular weight is 1100 g/mol. The van der Waals surface area contributed by atoms with Crippen LogP contribution in [0.15, 0.2) is 72.8 Å². The summed E-state index contributed by atoms with van der Waals surface area (Å²) in [5, 5.41) is -2.27. The standard InChI is InChI=1S/C43H29F24O4P/c1-32(2,3)72-70-34(18-6-22(36(44,45)46)14-23(7-18)37(47,48)49,19-8-24(38(50,51)52)15-25(9-19)39(53,54)55)30-31(69-33(4,5)68-30)35(71-72,20-10-26(40(56,57)58)16-27(11-20)41(59,60)61)21-12-28(42(62,63)64)17-29(13-21)43(65,66)67/h6-17,30-31H,1-5H3/t30-,31-/m1/s1. The number of ether oxygens (including phenoxy) is 2. The molecule has 0 saturated carbocycles. The Labute approximate surface area is 390 Å². The van der Waals surface area contributed by atoms with Gasteiger partial charge in [0.1, 0.15) is 12.2 Å². The van der Waals surface area contributed by atoms with Crippen LogP contribution in [0.25, 0.3) is 0 Å². The van der Waals surface area contributed by atoms with Gasteiger partial charge in [0.2, 0.25) is 0 Å². The van der Waals surface area contributed by atoms with Crippen LogP contribution in [-0.4, -0.2) is 23.2 Å². The van der Waals surface area contributed by atoms with Crippen LogP contribution in [0.4, 0.5) is 105 Å². The van der Waals surface area contributed by atoms with Crippen LogP contribution in [0.1, 0.15) is 101 Å². The highest BCUT2D eigenvalue weighted by Gasteiger charge is 2.69. The molecule has 0 spiro atoms. The summed E-state index contributed by atoms with van der Waals surface area (Å²) < 4.78 is 378. The molecule has 398 valence electrons. The Hall–Kier alpha value is -4.53. The number of fused-ring (bicyclic) bond motifs is 1. The maximum Gasteiger partial charge on any atom is 0.416 e. The van der Waals surface area contributed by atoms with Gasteiger partial charge in [0, 0.05) is 5.16 Å². The number of benzene rings is 4. The van der Waals surface area contributed by atoms with Crippen LogP contribution in [0.3, 0.4) is 0 Å². The van der Waals surface area contributed by atoms with E-state index in [-0.39, 0.29) is 48.5 Å². The van der Waals surface area contributed by atoms with Gasteiger partial charge < -0.3 is 18.5 Å². The van der Waals surface area contributed by atoms with Crippen LogP contribution < -0.4 is 0 Å². The largest absolute Gasteiger partial charge is 0.416 e. The molecule has 0 aliphatic carbocycles. The third-order valence-electron chi connectivity index (χ3n) is 11.0. The Morgan fingerprint density at radius 2 is 0.486 bits per heavy atom. The van der Waals surface area contributed by atoms with Crippen molar-refractivity contribution >= 4 is 8.38 Å². The molecule has 2 aliphatic rings. The Morgan fingerprint density at radius 1 is 0.319 bits per heavy atom. The van der Waals surface area contributed by atoms with Gasteiger partial charge in [-0.25, -0.2) is 0 Å². The number of hydrogen-bond acceptors (Lipinski definition) is 4. The van der Waals surface area contributed by atoms with Crippen molar-refractivity contribution < 1.29 is 124 Å². The van der Waals surface area contributed by atoms with E-state index in [4.69, 9.17) is 18.5 Å². The van der Waals surface area contributed by atoms with Gasteiger partial charge in [0.05, 0.1) is 44.5 Å². The number of hydrogen-bond donors (Lipinski definition) is 0. The summed E-state index contributed by atoms with van der Waals surface area (Å²) in [7, 11) is -4.08. The lowest BCUT2D eigenvalue weighted by Gasteiger charge is -2.43. The van der Waals surface area contributed by atoms with Gasteiger partial charge in [0.15, 0.2) is 25.4 Å². The van der Waals surface area contributed by atoms with Crippen molar-refractivity contribution in [1.29, 1.82) is 0 Å². The fourth-order valence-electron chi connectivity index (χ4n) is 7.89. The van der Waals surface area contributed by atoms with Gasteiger partial charge >= 0.3 is 49.4 Å². The molecule has 0 aromatic heterocycles. The number of alkyl halides is 24. The molecule has 2 saturated heterocycles. The first-order chi connectivity index (χ1) is 32.0. The SMILES string of the molecule is CC1(C)O[C@@H]2[C@@H](O1)C(c1cc(C(F)(F)F)cc(C(F)(F)F)c1)(c1cc(C(F)(F)F)cc(C(F)(F)F)c1)OP(C(C)(C)C)OC2(c1cc(C(F)(F)F)cc(C(F)(F)F)c1)c1cc(C(F)(F)F)cc(C(F)(F)F)c1. The molecule has 2 atom stereocenters. The molecule has 0 bridgehead atoms. The molecule has 0 amide bonds. The third kappa shape index (κ3) is 11.0. The summed E-state index contributed by atoms with van der Waals surface area (Å²) in [6.45, 7) is 3.90. The molecule has 72 heavy (non-hydrogen) atoms. The van der Waals surface area contributed by atoms with Gasteiger partial charge in [0.25, 0.3) is 0 Å². The summed E-state index contributed by atoms with van der Waals surface area (Å²) in [6, 6.07) is -5.13. The minimum absolute atomic E-state index is 0.338. The Morgan fingerprint density at radius 3 is 0.625 bits per heavy atom. The monoisotopic (exact) mass is 1100 g/mol. The highest BCUT2D eigenvalue weighted by Crippen LogP contribution is 2.69. The maximum absolute atomic E-state index is 14.8. The fourth-order valence-corrected chi connectivity index (χ4v) is 9.63. The molecule has 2 aliphatic heterocycles. The average Bonchev–Trinajstić information content (AvgIpc) is 3.46. The first-order valence-corrected chi connectivity index (χ1v) is 20.9. The van der Waals surface area contributed by atoms with E-state index in [1.807, 2.05) is 0 Å². The zero-order valence-electron chi connectivity index (χ0n) is 36.2. The summed E-state index contributed by atoms with van der Waals surface area (Å²) in [6.07, 6.45) is -54.4. The summed E-state index contributed by atoms with van der Waals surface area (Å²) in [4.78, 5) is 0. The van der Waals surface area contributed by atoms with Crippen LogP contribution in [0.5, 0.6) is 0 Å². The van der Waals surface area contributed by atoms with E-state index in [2.05, 4.69) is 0 Å². The summed E-state index contributed by atoms with van der Waals surface area (Å²) >= 11 is 0. The predicted molar refractivity (Wildman–Crippen MR) is 200 cm³/mol. The van der Waals surface area contributed by atoms with Gasteiger partial charge in [-0.1, -0.05) is 20.8 Å². The molecule has 0 radical (unpaired) electrons. The molecule has 0 N–H and O–H groups in total. The van der Waals surface area contributed by atoms with Gasteiger partial charge in [-0.15, -0.1) is 0 Å². The van der Waals surface area contributed by atoms with Gasteiger partial charge in [-0.3, -0.25) is 0 Å². The summed E-state index contributed by atoms with van der Waals surface area (Å²) in [5.74, 6) is -2.83. The van der Waals surface area contributed by atoms with Crippen LogP contribution in [0, 0.1) is 0 Å². The molecule has 4 nitrogen and oxygen atoms in total. The smallest absolute Gasteiger partial charge is 0.341 e. The lowest BCUT2D eigenvalue weighted by Crippen LogP contribution is -2.54. The minimum Gasteiger partial charge on any atom is -0.341 e. The van der Waals surface area contributed by atoms with Crippen molar-refractivity contribution in [3.05, 3.63) is 140 Å². The number of rotatable bonds is 4. The first-order valence-electron chi connectivity index (χ1n) is 19.8. The van der Waals surface area contributed by atoms with Crippen LogP contribution in [0.2, 0.25) is 0 Å². The van der Waals surface area contributed by atoms with Crippen molar-refractivity contribution in [1.82, 2.24) is 0 Å². The highest BCUT2D eigenvalue weighted by molar-refractivity contribution is 7.49. The normalized spacial score (nSPS) is 20.6. The first kappa shape index (κ1) is 56.8. The van der Waals surface area contributed by atoms with E-state index < -0.39 is 183 Å². The predicted octanol–water partition coefficient (Wildman–Crippen LogP) is 16.7. The van der Waals surface area contributed by atoms with Crippen molar-refractivity contribution in [2.24, 2.45) is 0 Å². The number of halogens is 24. The third-order valence-corrected chi connectivity index (χ3v) is 13.0. The second-order valence-corrected chi connectivity index (χ2v) is 20.0. The Balaban J connectivity index is 2.02. The minimum atomic E-state index is -5.97. The molecule has 0 unspecified atom stereocenters. The van der Waals surface area contributed by atoms with E-state index in [1.54, 1.807) is 0 Å². The highest BCUT2D eigenvalue weighted by atomic mass is 31.2. The van der Waals surface area contributed by atoms with Crippen LogP contribution in [-0.2, 0) is 79.1 Å². The van der Waals surface area contributed by atoms with Crippen molar-refractivity contribution in [2.75, 3.05) is 0 Å². The molecule has 4 aromatic rings. The summed E-state index contributed by atoms with van der Waals surface area (Å²) in [5.41, 5.74) is -34.9. The van der Waals surface area contributed by atoms with E-state index in [0.29, 0.717) is 13.8 Å². The van der Waals surface area contributed by atoms with E-state index in [9.17, 15) is 105 Å². The van der Waals surface area contributed by atoms with E-state index in [1.165, 1.54) is 0 Å². The lowest BCUT2D eigenvalue weighted by atomic mass is 9.70. The Bertz CT molecular complexity index is 2240. The Kier molecular flexibility index (Phi) is 13.6. The molecule has 2 heterocycles. The van der Waals surface area contributed by atoms with E-state index in [0.717, 1.165) is 20.8 Å². The molecule has 4 aromatic carbocycles.